The Hall–Kier alpha value is -4.49. The fourth-order valence-electron chi connectivity index (χ4n) is 3.39. The molecule has 3 aromatic rings. The van der Waals surface area contributed by atoms with Crippen LogP contribution in [0.15, 0.2) is 42.6 Å². The molecule has 0 aliphatic carbocycles. The topological polar surface area (TPSA) is 113 Å². The van der Waals surface area contributed by atoms with Crippen LogP contribution in [-0.2, 0) is 6.18 Å². The van der Waals surface area contributed by atoms with Gasteiger partial charge in [0.15, 0.2) is 11.5 Å². The monoisotopic (exact) mass is 543 g/mol. The summed E-state index contributed by atoms with van der Waals surface area (Å²) in [6.07, 6.45) is -8.57. The molecule has 0 atom stereocenters. The molecule has 3 N–H and O–H groups in total. The van der Waals surface area contributed by atoms with Crippen LogP contribution in [0.2, 0.25) is 0 Å². The minimum absolute atomic E-state index is 0.0489. The zero-order valence-corrected chi connectivity index (χ0v) is 19.9. The van der Waals surface area contributed by atoms with Crippen LogP contribution in [0.4, 0.5) is 32.0 Å². The van der Waals surface area contributed by atoms with E-state index in [1.807, 2.05) is 0 Å². The third-order valence-corrected chi connectivity index (χ3v) is 5.15. The van der Waals surface area contributed by atoms with Crippen LogP contribution < -0.4 is 25.3 Å². The molecule has 1 aromatic heterocycles. The van der Waals surface area contributed by atoms with Crippen molar-refractivity contribution in [1.82, 2.24) is 4.98 Å². The zero-order valence-electron chi connectivity index (χ0n) is 19.9. The van der Waals surface area contributed by atoms with Crippen molar-refractivity contribution in [3.63, 3.8) is 0 Å². The van der Waals surface area contributed by atoms with Crippen LogP contribution in [0.1, 0.15) is 37.5 Å². The number of pyridine rings is 1. The van der Waals surface area contributed by atoms with Gasteiger partial charge in [-0.1, -0.05) is 0 Å². The maximum Gasteiger partial charge on any atom is 0.573 e. The molecule has 8 nitrogen and oxygen atoms in total. The third kappa shape index (κ3) is 6.44. The lowest BCUT2D eigenvalue weighted by molar-refractivity contribution is -0.274. The van der Waals surface area contributed by atoms with Crippen molar-refractivity contribution in [1.29, 1.82) is 0 Å². The van der Waals surface area contributed by atoms with E-state index in [2.05, 4.69) is 15.0 Å². The minimum Gasteiger partial charge on any atom is -0.493 e. The van der Waals surface area contributed by atoms with Gasteiger partial charge in [-0.2, -0.15) is 13.2 Å². The van der Waals surface area contributed by atoms with Crippen molar-refractivity contribution in [2.24, 2.45) is 5.73 Å². The summed E-state index contributed by atoms with van der Waals surface area (Å²) in [5.41, 5.74) is 3.27. The molecular weight excluding hydrogens is 524 g/mol. The van der Waals surface area contributed by atoms with Crippen molar-refractivity contribution >= 4 is 17.5 Å². The van der Waals surface area contributed by atoms with E-state index < -0.39 is 46.8 Å². The number of ether oxygens (including phenoxy) is 3. The summed E-state index contributed by atoms with van der Waals surface area (Å²) >= 11 is 0. The Bertz CT molecular complexity index is 1390. The van der Waals surface area contributed by atoms with Crippen molar-refractivity contribution in [2.45, 2.75) is 26.4 Å². The molecule has 0 unspecified atom stereocenters. The molecule has 202 valence electrons. The third-order valence-electron chi connectivity index (χ3n) is 5.15. The van der Waals surface area contributed by atoms with E-state index in [4.69, 9.17) is 15.2 Å². The highest BCUT2D eigenvalue weighted by atomic mass is 19.4. The first kappa shape index (κ1) is 28.1. The summed E-state index contributed by atoms with van der Waals surface area (Å²) < 4.78 is 93.0. The summed E-state index contributed by atoms with van der Waals surface area (Å²) in [5.74, 6) is -3.41. The molecule has 38 heavy (non-hydrogen) atoms. The summed E-state index contributed by atoms with van der Waals surface area (Å²) in [7, 11) is 1.12. The molecule has 0 bridgehead atoms. The van der Waals surface area contributed by atoms with E-state index in [1.54, 1.807) is 0 Å². The number of nitrogens with zero attached hydrogens (tertiary/aromatic N) is 1. The van der Waals surface area contributed by atoms with Crippen LogP contribution >= 0.6 is 0 Å². The van der Waals surface area contributed by atoms with Gasteiger partial charge in [-0.15, -0.1) is 13.2 Å². The van der Waals surface area contributed by atoms with Crippen molar-refractivity contribution in [3.8, 4) is 23.0 Å². The van der Waals surface area contributed by atoms with Gasteiger partial charge in [0.05, 0.1) is 18.2 Å². The van der Waals surface area contributed by atoms with Gasteiger partial charge in [0.2, 0.25) is 0 Å². The number of hydrogen-bond donors (Lipinski definition) is 2. The standard InChI is InChI=1S/C24H19F6N3O5/c1-11-10-32-16(21(31)34)9-15(11)33-22(35)20-12(2)14(23(25,26)27)5-7-18(20)37-17-6-4-13(8-19(17)36-3)38-24(28,29)30/h4-10H,1-3H3,(H2,31,34)(H,32,33,35). The number of nitrogens with one attached hydrogen (secondary N) is 1. The number of carbonyl (C=O) groups is 2. The van der Waals surface area contributed by atoms with Crippen molar-refractivity contribution in [3.05, 3.63) is 70.5 Å². The second-order valence-corrected chi connectivity index (χ2v) is 7.77. The Kier molecular flexibility index (Phi) is 7.74. The van der Waals surface area contributed by atoms with Gasteiger partial charge in [0, 0.05) is 18.0 Å². The maximum atomic E-state index is 13.6. The van der Waals surface area contributed by atoms with Crippen LogP contribution in [0, 0.1) is 13.8 Å². The number of nitrogens with two attached hydrogens (primary N) is 1. The molecule has 14 heteroatoms. The van der Waals surface area contributed by atoms with Gasteiger partial charge in [0.25, 0.3) is 11.8 Å². The average Bonchev–Trinajstić information content (AvgIpc) is 2.79. The number of primary amides is 1. The smallest absolute Gasteiger partial charge is 0.493 e. The molecule has 2 aromatic carbocycles. The Labute approximate surface area is 211 Å². The molecule has 0 spiro atoms. The molecule has 1 heterocycles. The van der Waals surface area contributed by atoms with Gasteiger partial charge in [-0.05, 0) is 55.3 Å². The quantitative estimate of drug-likeness (QED) is 0.366. The first-order chi connectivity index (χ1) is 17.6. The lowest BCUT2D eigenvalue weighted by atomic mass is 9.99. The number of halogens is 6. The molecular formula is C24H19F6N3O5. The molecule has 0 aliphatic rings. The van der Waals surface area contributed by atoms with E-state index >= 15 is 0 Å². The minimum atomic E-state index is -4.98. The van der Waals surface area contributed by atoms with Crippen LogP contribution in [-0.4, -0.2) is 30.3 Å². The lowest BCUT2D eigenvalue weighted by Gasteiger charge is -2.19. The number of anilines is 1. The first-order valence-corrected chi connectivity index (χ1v) is 10.5. The summed E-state index contributed by atoms with van der Waals surface area (Å²) in [6, 6.07) is 5.51. The van der Waals surface area contributed by atoms with Crippen LogP contribution in [0.25, 0.3) is 0 Å². The second-order valence-electron chi connectivity index (χ2n) is 7.77. The average molecular weight is 543 g/mol. The Morgan fingerprint density at radius 2 is 1.61 bits per heavy atom. The molecule has 0 saturated heterocycles. The zero-order chi connectivity index (χ0) is 28.4. The largest absolute Gasteiger partial charge is 0.573 e. The Morgan fingerprint density at radius 1 is 0.947 bits per heavy atom. The van der Waals surface area contributed by atoms with E-state index in [-0.39, 0.29) is 28.6 Å². The van der Waals surface area contributed by atoms with Crippen molar-refractivity contribution in [2.75, 3.05) is 12.4 Å². The highest BCUT2D eigenvalue weighted by molar-refractivity contribution is 6.08. The van der Waals surface area contributed by atoms with Gasteiger partial charge >= 0.3 is 12.5 Å². The highest BCUT2D eigenvalue weighted by Crippen LogP contribution is 2.41. The number of alkyl halides is 6. The highest BCUT2D eigenvalue weighted by Gasteiger charge is 2.36. The van der Waals surface area contributed by atoms with Gasteiger partial charge in [-0.3, -0.25) is 14.6 Å². The fourth-order valence-corrected chi connectivity index (χ4v) is 3.39. The SMILES string of the molecule is COc1cc(OC(F)(F)F)ccc1Oc1ccc(C(F)(F)F)c(C)c1C(=O)Nc1cc(C(N)=O)ncc1C. The van der Waals surface area contributed by atoms with Gasteiger partial charge in [0.1, 0.15) is 17.2 Å². The molecule has 0 radical (unpaired) electrons. The molecule has 0 aliphatic heterocycles. The normalized spacial score (nSPS) is 11.6. The predicted molar refractivity (Wildman–Crippen MR) is 121 cm³/mol. The Morgan fingerprint density at radius 3 is 2.18 bits per heavy atom. The van der Waals surface area contributed by atoms with E-state index in [1.165, 1.54) is 13.1 Å². The molecule has 2 amide bonds. The maximum absolute atomic E-state index is 13.6. The number of benzene rings is 2. The predicted octanol–water partition coefficient (Wildman–Crippen LogP) is 5.77. The van der Waals surface area contributed by atoms with Crippen molar-refractivity contribution < 1.29 is 50.1 Å². The Balaban J connectivity index is 2.08. The molecule has 0 saturated carbocycles. The van der Waals surface area contributed by atoms with E-state index in [0.29, 0.717) is 11.6 Å². The number of amides is 2. The van der Waals surface area contributed by atoms with Gasteiger partial charge < -0.3 is 25.3 Å². The number of carbonyl (C=O) groups excluding carboxylic acids is 2. The van der Waals surface area contributed by atoms with Crippen LogP contribution in [0.5, 0.6) is 23.0 Å². The number of rotatable bonds is 7. The number of methoxy groups -OCH3 is 1. The van der Waals surface area contributed by atoms with Gasteiger partial charge in [-0.25, -0.2) is 0 Å². The second kappa shape index (κ2) is 10.5. The molecule has 0 fully saturated rings. The molecule has 3 rings (SSSR count). The number of aryl methyl sites for hydroxylation is 1. The van der Waals surface area contributed by atoms with E-state index in [9.17, 15) is 35.9 Å². The summed E-state index contributed by atoms with van der Waals surface area (Å²) in [5, 5.41) is 2.42. The summed E-state index contributed by atoms with van der Waals surface area (Å²) in [6.45, 7) is 2.58. The van der Waals surface area contributed by atoms with E-state index in [0.717, 1.165) is 44.4 Å². The number of hydrogen-bond acceptors (Lipinski definition) is 6. The van der Waals surface area contributed by atoms with Crippen LogP contribution in [0.3, 0.4) is 0 Å². The first-order valence-electron chi connectivity index (χ1n) is 10.5. The summed E-state index contributed by atoms with van der Waals surface area (Å²) in [4.78, 5) is 28.5. The fraction of sp³-hybridized carbons (Fsp3) is 0.208. The lowest BCUT2D eigenvalue weighted by Crippen LogP contribution is -2.20. The number of aromatic nitrogens is 1.